The zero-order chi connectivity index (χ0) is 17.9. The van der Waals surface area contributed by atoms with Gasteiger partial charge in [-0.05, 0) is 54.7 Å². The van der Waals surface area contributed by atoms with Crippen LogP contribution in [0.25, 0.3) is 0 Å². The van der Waals surface area contributed by atoms with Crippen molar-refractivity contribution in [3.63, 3.8) is 0 Å². The normalized spacial score (nSPS) is 11.4. The quantitative estimate of drug-likeness (QED) is 0.753. The van der Waals surface area contributed by atoms with E-state index in [-0.39, 0.29) is 10.0 Å². The second kappa shape index (κ2) is 7.67. The lowest BCUT2D eigenvalue weighted by molar-refractivity contribution is 0.521. The summed E-state index contributed by atoms with van der Waals surface area (Å²) >= 11 is 17.2. The molecule has 0 aliphatic heterocycles. The van der Waals surface area contributed by atoms with Crippen molar-refractivity contribution in [1.29, 1.82) is 0 Å². The minimum absolute atomic E-state index is 0.119. The first kappa shape index (κ1) is 19.0. The fourth-order valence-electron chi connectivity index (χ4n) is 1.79. The molecule has 0 aliphatic rings. The Bertz CT molecular complexity index is 854. The highest BCUT2D eigenvalue weighted by Crippen LogP contribution is 2.26. The second-order valence-electron chi connectivity index (χ2n) is 5.02. The van der Waals surface area contributed by atoms with E-state index in [1.807, 2.05) is 0 Å². The summed E-state index contributed by atoms with van der Waals surface area (Å²) in [5.41, 5.74) is 1.14. The van der Waals surface area contributed by atoms with E-state index in [9.17, 15) is 8.42 Å². The van der Waals surface area contributed by atoms with Crippen molar-refractivity contribution < 1.29 is 8.42 Å². The lowest BCUT2D eigenvalue weighted by atomic mass is 10.3. The topological polar surface area (TPSA) is 61.4 Å². The van der Waals surface area contributed by atoms with Crippen LogP contribution in [0.3, 0.4) is 0 Å². The number of hydrogen-bond acceptors (Lipinski definition) is 3. The highest BCUT2D eigenvalue weighted by Gasteiger charge is 2.18. The molecule has 0 atom stereocenters. The molecule has 0 amide bonds. The van der Waals surface area contributed by atoms with Gasteiger partial charge in [-0.25, -0.2) is 12.7 Å². The lowest BCUT2D eigenvalue weighted by Crippen LogP contribution is -2.23. The average Bonchev–Trinajstić information content (AvgIpc) is 2.51. The molecule has 0 unspecified atom stereocenters. The van der Waals surface area contributed by atoms with Crippen LogP contribution in [0.15, 0.2) is 47.4 Å². The van der Waals surface area contributed by atoms with Gasteiger partial charge < -0.3 is 10.6 Å². The molecule has 0 fully saturated rings. The van der Waals surface area contributed by atoms with E-state index >= 15 is 0 Å². The van der Waals surface area contributed by atoms with Crippen molar-refractivity contribution in [1.82, 2.24) is 4.31 Å². The third kappa shape index (κ3) is 4.58. The molecule has 2 rings (SSSR count). The summed E-state index contributed by atoms with van der Waals surface area (Å²) in [6.45, 7) is 0. The van der Waals surface area contributed by atoms with E-state index in [1.165, 1.54) is 32.3 Å². The van der Waals surface area contributed by atoms with Gasteiger partial charge in [-0.15, -0.1) is 0 Å². The molecule has 0 aliphatic carbocycles. The highest BCUT2D eigenvalue weighted by atomic mass is 35.5. The molecule has 0 bridgehead atoms. The zero-order valence-electron chi connectivity index (χ0n) is 12.9. The summed E-state index contributed by atoms with van der Waals surface area (Å²) in [5.74, 6) is 0. The van der Waals surface area contributed by atoms with E-state index in [0.717, 1.165) is 9.99 Å². The van der Waals surface area contributed by atoms with Gasteiger partial charge in [0.15, 0.2) is 5.11 Å². The number of nitrogens with zero attached hydrogens (tertiary/aromatic N) is 1. The van der Waals surface area contributed by atoms with E-state index in [0.29, 0.717) is 15.7 Å². The van der Waals surface area contributed by atoms with Gasteiger partial charge in [-0.3, -0.25) is 0 Å². The Labute approximate surface area is 156 Å². The molecular formula is C15H15Cl2N3O2S2. The van der Waals surface area contributed by atoms with E-state index in [4.69, 9.17) is 35.4 Å². The zero-order valence-corrected chi connectivity index (χ0v) is 16.0. The van der Waals surface area contributed by atoms with Crippen molar-refractivity contribution in [3.05, 3.63) is 52.5 Å². The molecule has 0 saturated heterocycles. The first-order valence-electron chi connectivity index (χ1n) is 6.76. The van der Waals surface area contributed by atoms with Crippen LogP contribution >= 0.6 is 35.4 Å². The number of halogens is 2. The van der Waals surface area contributed by atoms with Crippen LogP contribution < -0.4 is 10.6 Å². The third-order valence-corrected chi connectivity index (χ3v) is 5.66. The van der Waals surface area contributed by atoms with Crippen molar-refractivity contribution in [3.8, 4) is 0 Å². The SMILES string of the molecule is CN(C)S(=O)(=O)c1ccc(Cl)c(NC(=S)Nc2ccc(Cl)cc2)c1. The van der Waals surface area contributed by atoms with Crippen LogP contribution in [0.4, 0.5) is 11.4 Å². The standard InChI is InChI=1S/C15H15Cl2N3O2S2/c1-20(2)24(21,22)12-7-8-13(17)14(9-12)19-15(23)18-11-5-3-10(16)4-6-11/h3-9H,1-2H3,(H2,18,19,23). The maximum absolute atomic E-state index is 12.2. The monoisotopic (exact) mass is 403 g/mol. The van der Waals surface area contributed by atoms with Gasteiger partial charge >= 0.3 is 0 Å². The number of sulfonamides is 1. The number of hydrogen-bond donors (Lipinski definition) is 2. The van der Waals surface area contributed by atoms with Gasteiger partial charge in [-0.2, -0.15) is 0 Å². The number of thiocarbonyl (C=S) groups is 1. The second-order valence-corrected chi connectivity index (χ2v) is 8.42. The molecule has 0 spiro atoms. The smallest absolute Gasteiger partial charge is 0.242 e. The number of benzene rings is 2. The van der Waals surface area contributed by atoms with Crippen LogP contribution in [0.1, 0.15) is 0 Å². The van der Waals surface area contributed by atoms with Gasteiger partial charge in [0.25, 0.3) is 0 Å². The Balaban J connectivity index is 2.20. The molecule has 0 aromatic heterocycles. The molecule has 0 saturated carbocycles. The Hall–Kier alpha value is -1.38. The molecule has 0 radical (unpaired) electrons. The van der Waals surface area contributed by atoms with Crippen molar-refractivity contribution in [2.75, 3.05) is 24.7 Å². The maximum atomic E-state index is 12.2. The Kier molecular flexibility index (Phi) is 6.06. The van der Waals surface area contributed by atoms with Gasteiger partial charge in [0.2, 0.25) is 10.0 Å². The fraction of sp³-hybridized carbons (Fsp3) is 0.133. The summed E-state index contributed by atoms with van der Waals surface area (Å²) < 4.78 is 25.5. The van der Waals surface area contributed by atoms with Crippen LogP contribution in [-0.2, 0) is 10.0 Å². The molecular weight excluding hydrogens is 389 g/mol. The minimum atomic E-state index is -3.56. The van der Waals surface area contributed by atoms with Crippen LogP contribution in [0.5, 0.6) is 0 Å². The maximum Gasteiger partial charge on any atom is 0.242 e. The molecule has 2 aromatic rings. The van der Waals surface area contributed by atoms with E-state index in [1.54, 1.807) is 24.3 Å². The Morgan fingerprint density at radius 1 is 1.04 bits per heavy atom. The molecule has 2 N–H and O–H groups in total. The molecule has 9 heteroatoms. The first-order chi connectivity index (χ1) is 11.2. The Morgan fingerprint density at radius 3 is 2.25 bits per heavy atom. The van der Waals surface area contributed by atoms with Crippen molar-refractivity contribution in [2.45, 2.75) is 4.90 Å². The van der Waals surface area contributed by atoms with Gasteiger partial charge in [0, 0.05) is 24.8 Å². The van der Waals surface area contributed by atoms with Crippen LogP contribution in [0.2, 0.25) is 10.0 Å². The average molecular weight is 404 g/mol. The molecule has 24 heavy (non-hydrogen) atoms. The van der Waals surface area contributed by atoms with E-state index < -0.39 is 10.0 Å². The fourth-order valence-corrected chi connectivity index (χ4v) is 3.24. The Morgan fingerprint density at radius 2 is 1.67 bits per heavy atom. The molecule has 128 valence electrons. The largest absolute Gasteiger partial charge is 0.332 e. The van der Waals surface area contributed by atoms with Gasteiger partial charge in [0.05, 0.1) is 15.6 Å². The predicted molar refractivity (Wildman–Crippen MR) is 104 cm³/mol. The summed E-state index contributed by atoms with van der Waals surface area (Å²) in [7, 11) is -0.635. The number of nitrogens with one attached hydrogen (secondary N) is 2. The third-order valence-electron chi connectivity index (χ3n) is 3.07. The highest BCUT2D eigenvalue weighted by molar-refractivity contribution is 7.89. The first-order valence-corrected chi connectivity index (χ1v) is 9.36. The number of rotatable bonds is 4. The predicted octanol–water partition coefficient (Wildman–Crippen LogP) is 4.05. The summed E-state index contributed by atoms with van der Waals surface area (Å²) in [6, 6.07) is 11.4. The van der Waals surface area contributed by atoms with Crippen molar-refractivity contribution >= 4 is 61.9 Å². The molecule has 0 heterocycles. The summed E-state index contributed by atoms with van der Waals surface area (Å²) in [4.78, 5) is 0.119. The summed E-state index contributed by atoms with van der Waals surface area (Å²) in [6.07, 6.45) is 0. The molecule has 5 nitrogen and oxygen atoms in total. The van der Waals surface area contributed by atoms with E-state index in [2.05, 4.69) is 10.6 Å². The summed E-state index contributed by atoms with van der Waals surface area (Å²) in [5, 5.41) is 7.11. The molecule has 2 aromatic carbocycles. The minimum Gasteiger partial charge on any atom is -0.332 e. The van der Waals surface area contributed by atoms with Crippen molar-refractivity contribution in [2.24, 2.45) is 0 Å². The van der Waals surface area contributed by atoms with Crippen LogP contribution in [-0.4, -0.2) is 31.9 Å². The lowest BCUT2D eigenvalue weighted by Gasteiger charge is -2.15. The van der Waals surface area contributed by atoms with Crippen LogP contribution in [0, 0.1) is 0 Å². The number of anilines is 2. The van der Waals surface area contributed by atoms with Gasteiger partial charge in [-0.1, -0.05) is 23.2 Å². The van der Waals surface area contributed by atoms with Gasteiger partial charge in [0.1, 0.15) is 0 Å².